The fraction of sp³-hybridized carbons (Fsp3) is 0.235. The zero-order valence-electron chi connectivity index (χ0n) is 12.2. The van der Waals surface area contributed by atoms with Crippen molar-refractivity contribution in [3.8, 4) is 11.1 Å². The van der Waals surface area contributed by atoms with Gasteiger partial charge in [-0.15, -0.1) is 0 Å². The molecule has 0 aliphatic heterocycles. The Morgan fingerprint density at radius 1 is 1.14 bits per heavy atom. The highest BCUT2D eigenvalue weighted by Crippen LogP contribution is 2.33. The molecule has 2 aromatic rings. The highest BCUT2D eigenvalue weighted by atomic mass is 35.5. The van der Waals surface area contributed by atoms with Crippen molar-refractivity contribution < 1.29 is 18.7 Å². The van der Waals surface area contributed by atoms with E-state index in [0.29, 0.717) is 16.7 Å². The lowest BCUT2D eigenvalue weighted by atomic mass is 9.93. The van der Waals surface area contributed by atoms with Crippen LogP contribution in [-0.2, 0) is 11.2 Å². The molecular weight excluding hydrogens is 310 g/mol. The molecule has 0 heterocycles. The van der Waals surface area contributed by atoms with Crippen molar-refractivity contribution in [3.63, 3.8) is 0 Å². The van der Waals surface area contributed by atoms with Crippen molar-refractivity contribution in [1.29, 1.82) is 0 Å². The van der Waals surface area contributed by atoms with Gasteiger partial charge < -0.3 is 5.11 Å². The number of aryl methyl sites for hydroxylation is 3. The molecule has 0 atom stereocenters. The summed E-state index contributed by atoms with van der Waals surface area (Å²) < 4.78 is 27.4. The molecule has 0 spiro atoms. The van der Waals surface area contributed by atoms with Gasteiger partial charge in [-0.1, -0.05) is 11.6 Å². The SMILES string of the molecule is Cc1cc(F)cc(C)c1-c1cc(Cl)c(F)c(CCC(=O)O)c1. The molecule has 0 unspecified atom stereocenters. The van der Waals surface area contributed by atoms with Crippen LogP contribution in [0, 0.1) is 25.5 Å². The van der Waals surface area contributed by atoms with E-state index in [1.807, 2.05) is 0 Å². The van der Waals surface area contributed by atoms with Crippen molar-refractivity contribution >= 4 is 17.6 Å². The topological polar surface area (TPSA) is 37.3 Å². The van der Waals surface area contributed by atoms with Gasteiger partial charge in [0.2, 0.25) is 0 Å². The standard InChI is InChI=1S/C17H15ClF2O2/c1-9-5-13(19)6-10(2)16(9)12-7-11(3-4-15(21)22)17(20)14(18)8-12/h5-8H,3-4H2,1-2H3,(H,21,22). The first-order chi connectivity index (χ1) is 10.3. The Kier molecular flexibility index (Phi) is 4.81. The lowest BCUT2D eigenvalue weighted by Crippen LogP contribution is -2.01. The predicted molar refractivity (Wildman–Crippen MR) is 82.2 cm³/mol. The van der Waals surface area contributed by atoms with Crippen LogP contribution < -0.4 is 0 Å². The molecule has 1 N–H and O–H groups in total. The van der Waals surface area contributed by atoms with E-state index in [2.05, 4.69) is 0 Å². The van der Waals surface area contributed by atoms with Gasteiger partial charge in [-0.05, 0) is 72.4 Å². The van der Waals surface area contributed by atoms with Crippen molar-refractivity contribution in [1.82, 2.24) is 0 Å². The third-order valence-electron chi connectivity index (χ3n) is 3.50. The highest BCUT2D eigenvalue weighted by Gasteiger charge is 2.15. The lowest BCUT2D eigenvalue weighted by molar-refractivity contribution is -0.136. The molecule has 2 aromatic carbocycles. The zero-order valence-corrected chi connectivity index (χ0v) is 13.0. The number of aliphatic carboxylic acids is 1. The van der Waals surface area contributed by atoms with Crippen molar-refractivity contribution in [3.05, 3.63) is 57.6 Å². The quantitative estimate of drug-likeness (QED) is 0.866. The maximum Gasteiger partial charge on any atom is 0.303 e. The monoisotopic (exact) mass is 324 g/mol. The van der Waals surface area contributed by atoms with E-state index in [1.165, 1.54) is 18.2 Å². The Morgan fingerprint density at radius 3 is 2.27 bits per heavy atom. The molecule has 0 aliphatic carbocycles. The molecule has 0 bridgehead atoms. The van der Waals surface area contributed by atoms with Gasteiger partial charge in [0.1, 0.15) is 11.6 Å². The maximum absolute atomic E-state index is 14.0. The maximum atomic E-state index is 14.0. The summed E-state index contributed by atoms with van der Waals surface area (Å²) in [6.07, 6.45) is -0.133. The number of carboxylic acid groups (broad SMARTS) is 1. The molecule has 5 heteroatoms. The van der Waals surface area contributed by atoms with Gasteiger partial charge >= 0.3 is 5.97 Å². The van der Waals surface area contributed by atoms with Crippen LogP contribution in [0.4, 0.5) is 8.78 Å². The van der Waals surface area contributed by atoms with Gasteiger partial charge in [-0.25, -0.2) is 8.78 Å². The van der Waals surface area contributed by atoms with Gasteiger partial charge in [0, 0.05) is 6.42 Å². The fourth-order valence-electron chi connectivity index (χ4n) is 2.58. The largest absolute Gasteiger partial charge is 0.481 e. The van der Waals surface area contributed by atoms with Crippen LogP contribution in [0.15, 0.2) is 24.3 Å². The summed E-state index contributed by atoms with van der Waals surface area (Å²) in [6.45, 7) is 3.53. The average molecular weight is 325 g/mol. The van der Waals surface area contributed by atoms with E-state index >= 15 is 0 Å². The summed E-state index contributed by atoms with van der Waals surface area (Å²) in [5.74, 6) is -1.95. The number of rotatable bonds is 4. The van der Waals surface area contributed by atoms with Crippen molar-refractivity contribution in [2.24, 2.45) is 0 Å². The molecule has 22 heavy (non-hydrogen) atoms. The number of hydrogen-bond acceptors (Lipinski definition) is 1. The smallest absolute Gasteiger partial charge is 0.303 e. The molecular formula is C17H15ClF2O2. The zero-order chi connectivity index (χ0) is 16.4. The van der Waals surface area contributed by atoms with E-state index in [0.717, 1.165) is 5.56 Å². The van der Waals surface area contributed by atoms with Crippen LogP contribution in [0.1, 0.15) is 23.1 Å². The van der Waals surface area contributed by atoms with Gasteiger partial charge in [0.25, 0.3) is 0 Å². The van der Waals surface area contributed by atoms with Crippen LogP contribution in [0.25, 0.3) is 11.1 Å². The van der Waals surface area contributed by atoms with Gasteiger partial charge in [-0.3, -0.25) is 4.79 Å². The van der Waals surface area contributed by atoms with E-state index in [4.69, 9.17) is 16.7 Å². The minimum absolute atomic E-state index is 0.0496. The average Bonchev–Trinajstić information content (AvgIpc) is 2.39. The highest BCUT2D eigenvalue weighted by molar-refractivity contribution is 6.31. The number of carbonyl (C=O) groups is 1. The minimum Gasteiger partial charge on any atom is -0.481 e. The summed E-state index contributed by atoms with van der Waals surface area (Å²) in [5, 5.41) is 8.67. The first-order valence-corrected chi connectivity index (χ1v) is 7.14. The molecule has 2 nitrogen and oxygen atoms in total. The molecule has 0 aliphatic rings. The van der Waals surface area contributed by atoms with E-state index in [-0.39, 0.29) is 29.2 Å². The number of halogens is 3. The van der Waals surface area contributed by atoms with Gasteiger partial charge in [0.05, 0.1) is 5.02 Å². The third-order valence-corrected chi connectivity index (χ3v) is 3.77. The van der Waals surface area contributed by atoms with Crippen LogP contribution in [0.2, 0.25) is 5.02 Å². The Labute approximate surface area is 132 Å². The molecule has 0 saturated carbocycles. The Morgan fingerprint density at radius 2 is 1.73 bits per heavy atom. The van der Waals surface area contributed by atoms with E-state index in [9.17, 15) is 13.6 Å². The van der Waals surface area contributed by atoms with E-state index < -0.39 is 11.8 Å². The van der Waals surface area contributed by atoms with Crippen molar-refractivity contribution in [2.45, 2.75) is 26.7 Å². The second kappa shape index (κ2) is 6.44. The van der Waals surface area contributed by atoms with Crippen LogP contribution >= 0.6 is 11.6 Å². The summed E-state index contributed by atoms with van der Waals surface area (Å²) in [6, 6.07) is 5.86. The number of carboxylic acids is 1. The van der Waals surface area contributed by atoms with Crippen LogP contribution in [0.3, 0.4) is 0 Å². The summed E-state index contributed by atoms with van der Waals surface area (Å²) >= 11 is 5.92. The molecule has 0 amide bonds. The van der Waals surface area contributed by atoms with Gasteiger partial charge in [0.15, 0.2) is 0 Å². The first kappa shape index (κ1) is 16.4. The number of benzene rings is 2. The minimum atomic E-state index is -1.00. The number of hydrogen-bond donors (Lipinski definition) is 1. The summed E-state index contributed by atoms with van der Waals surface area (Å²) in [5.41, 5.74) is 3.10. The Hall–Kier alpha value is -1.94. The third kappa shape index (κ3) is 3.45. The van der Waals surface area contributed by atoms with Crippen molar-refractivity contribution in [2.75, 3.05) is 0 Å². The van der Waals surface area contributed by atoms with E-state index in [1.54, 1.807) is 19.9 Å². The second-order valence-electron chi connectivity index (χ2n) is 5.24. The molecule has 0 saturated heterocycles. The molecule has 116 valence electrons. The van der Waals surface area contributed by atoms with Gasteiger partial charge in [-0.2, -0.15) is 0 Å². The second-order valence-corrected chi connectivity index (χ2v) is 5.65. The summed E-state index contributed by atoms with van der Waals surface area (Å²) in [4.78, 5) is 10.7. The molecule has 2 rings (SSSR count). The van der Waals surface area contributed by atoms with Crippen LogP contribution in [0.5, 0.6) is 0 Å². The molecule has 0 radical (unpaired) electrons. The molecule has 0 aromatic heterocycles. The predicted octanol–water partition coefficient (Wildman–Crippen LogP) is 4.92. The fourth-order valence-corrected chi connectivity index (χ4v) is 2.82. The van der Waals surface area contributed by atoms with Crippen LogP contribution in [-0.4, -0.2) is 11.1 Å². The molecule has 0 fully saturated rings. The lowest BCUT2D eigenvalue weighted by Gasteiger charge is -2.13. The Balaban J connectivity index is 2.55. The first-order valence-electron chi connectivity index (χ1n) is 6.76. The Bertz CT molecular complexity index is 719. The summed E-state index contributed by atoms with van der Waals surface area (Å²) in [7, 11) is 0. The normalized spacial score (nSPS) is 10.8.